The lowest BCUT2D eigenvalue weighted by Crippen LogP contribution is -2.20. The summed E-state index contributed by atoms with van der Waals surface area (Å²) < 4.78 is 8.35. The number of hydrogen-bond acceptors (Lipinski definition) is 4. The Balaban J connectivity index is 1.84. The maximum Gasteiger partial charge on any atom is 0.337 e. The second-order valence-electron chi connectivity index (χ2n) is 5.26. The quantitative estimate of drug-likeness (QED) is 0.677. The molecule has 1 aromatic carbocycles. The highest BCUT2D eigenvalue weighted by atomic mass is 16.5. The number of ether oxygens (including phenoxy) is 1. The monoisotopic (exact) mass is 311 g/mol. The van der Waals surface area contributed by atoms with Crippen LogP contribution in [0.5, 0.6) is 0 Å². The molecule has 6 heteroatoms. The lowest BCUT2D eigenvalue weighted by molar-refractivity contribution is 0.0601. The van der Waals surface area contributed by atoms with Gasteiger partial charge in [-0.15, -0.1) is 0 Å². The van der Waals surface area contributed by atoms with E-state index in [0.29, 0.717) is 17.5 Å². The van der Waals surface area contributed by atoms with E-state index in [9.17, 15) is 9.59 Å². The zero-order valence-corrected chi connectivity index (χ0v) is 12.8. The molecule has 0 amide bonds. The standard InChI is InChI=1S/C17H17N3O3/c1-23-17(22)14-4-3-13-5-9-20(16(21)15(13)11-14)8-2-7-19-10-6-18-12-19/h3-6,9-12H,2,7-8H2,1H3. The number of nitrogens with zero attached hydrogens (tertiary/aromatic N) is 3. The van der Waals surface area contributed by atoms with Crippen LogP contribution in [-0.4, -0.2) is 27.2 Å². The molecule has 3 rings (SSSR count). The molecule has 0 atom stereocenters. The van der Waals surface area contributed by atoms with Crippen molar-refractivity contribution < 1.29 is 9.53 Å². The van der Waals surface area contributed by atoms with E-state index in [1.165, 1.54) is 7.11 Å². The number of imidazole rings is 1. The fourth-order valence-electron chi connectivity index (χ4n) is 2.54. The van der Waals surface area contributed by atoms with Gasteiger partial charge < -0.3 is 13.9 Å². The Morgan fingerprint density at radius 2 is 2.09 bits per heavy atom. The first-order valence-electron chi connectivity index (χ1n) is 7.36. The lowest BCUT2D eigenvalue weighted by atomic mass is 10.1. The van der Waals surface area contributed by atoms with Gasteiger partial charge in [0.05, 0.1) is 19.0 Å². The highest BCUT2D eigenvalue weighted by Gasteiger charge is 2.09. The molecule has 0 spiro atoms. The Morgan fingerprint density at radius 1 is 1.22 bits per heavy atom. The maximum atomic E-state index is 12.6. The number of pyridine rings is 1. The molecule has 6 nitrogen and oxygen atoms in total. The summed E-state index contributed by atoms with van der Waals surface area (Å²) in [6.45, 7) is 1.40. The number of methoxy groups -OCH3 is 1. The van der Waals surface area contributed by atoms with Crippen LogP contribution in [0, 0.1) is 0 Å². The van der Waals surface area contributed by atoms with Crippen molar-refractivity contribution in [1.29, 1.82) is 0 Å². The molecule has 23 heavy (non-hydrogen) atoms. The van der Waals surface area contributed by atoms with Crippen molar-refractivity contribution in [2.75, 3.05) is 7.11 Å². The lowest BCUT2D eigenvalue weighted by Gasteiger charge is -2.08. The summed E-state index contributed by atoms with van der Waals surface area (Å²) in [6.07, 6.45) is 7.99. The van der Waals surface area contributed by atoms with E-state index in [2.05, 4.69) is 4.98 Å². The Labute approximate surface area is 132 Å². The molecular weight excluding hydrogens is 294 g/mol. The van der Waals surface area contributed by atoms with Crippen LogP contribution in [0.25, 0.3) is 10.8 Å². The van der Waals surface area contributed by atoms with Crippen LogP contribution in [0.1, 0.15) is 16.8 Å². The predicted octanol–water partition coefficient (Wildman–Crippen LogP) is 2.07. The van der Waals surface area contributed by atoms with Gasteiger partial charge in [0.15, 0.2) is 0 Å². The number of hydrogen-bond donors (Lipinski definition) is 0. The molecule has 0 aliphatic carbocycles. The second-order valence-corrected chi connectivity index (χ2v) is 5.26. The van der Waals surface area contributed by atoms with Gasteiger partial charge in [0.1, 0.15) is 0 Å². The number of aromatic nitrogens is 3. The largest absolute Gasteiger partial charge is 0.465 e. The van der Waals surface area contributed by atoms with Crippen LogP contribution >= 0.6 is 0 Å². The fourth-order valence-corrected chi connectivity index (χ4v) is 2.54. The van der Waals surface area contributed by atoms with E-state index in [0.717, 1.165) is 18.4 Å². The third-order valence-corrected chi connectivity index (χ3v) is 3.77. The second kappa shape index (κ2) is 6.48. The summed E-state index contributed by atoms with van der Waals surface area (Å²) in [5.74, 6) is -0.443. The summed E-state index contributed by atoms with van der Waals surface area (Å²) in [7, 11) is 1.33. The maximum absolute atomic E-state index is 12.6. The molecular formula is C17H17N3O3. The first kappa shape index (κ1) is 15.0. The number of aryl methyl sites for hydroxylation is 2. The molecule has 118 valence electrons. The van der Waals surface area contributed by atoms with Gasteiger partial charge >= 0.3 is 5.97 Å². The molecule has 2 heterocycles. The highest BCUT2D eigenvalue weighted by molar-refractivity contribution is 5.95. The van der Waals surface area contributed by atoms with Gasteiger partial charge in [-0.05, 0) is 30.0 Å². The van der Waals surface area contributed by atoms with Crippen molar-refractivity contribution in [2.45, 2.75) is 19.5 Å². The van der Waals surface area contributed by atoms with Crippen molar-refractivity contribution in [3.05, 3.63) is 65.1 Å². The SMILES string of the molecule is COC(=O)c1ccc2ccn(CCCn3ccnc3)c(=O)c2c1. The van der Waals surface area contributed by atoms with Gasteiger partial charge in [0.25, 0.3) is 5.56 Å². The summed E-state index contributed by atoms with van der Waals surface area (Å²) in [5.41, 5.74) is 0.284. The molecule has 0 N–H and O–H groups in total. The Hall–Kier alpha value is -2.89. The van der Waals surface area contributed by atoms with Crippen molar-refractivity contribution in [1.82, 2.24) is 14.1 Å². The smallest absolute Gasteiger partial charge is 0.337 e. The van der Waals surface area contributed by atoms with Crippen molar-refractivity contribution in [3.8, 4) is 0 Å². The Morgan fingerprint density at radius 3 is 2.83 bits per heavy atom. The number of rotatable bonds is 5. The third kappa shape index (κ3) is 3.15. The van der Waals surface area contributed by atoms with Crippen LogP contribution in [0.15, 0.2) is 54.0 Å². The van der Waals surface area contributed by atoms with E-state index in [4.69, 9.17) is 4.74 Å². The van der Waals surface area contributed by atoms with Crippen molar-refractivity contribution in [3.63, 3.8) is 0 Å². The summed E-state index contributed by atoms with van der Waals surface area (Å²) >= 11 is 0. The summed E-state index contributed by atoms with van der Waals surface area (Å²) in [5, 5.41) is 1.34. The van der Waals surface area contributed by atoms with Gasteiger partial charge in [-0.2, -0.15) is 0 Å². The minimum absolute atomic E-state index is 0.0983. The van der Waals surface area contributed by atoms with Crippen molar-refractivity contribution in [2.24, 2.45) is 0 Å². The van der Waals surface area contributed by atoms with Crippen LogP contribution in [-0.2, 0) is 17.8 Å². The fraction of sp³-hybridized carbons (Fsp3) is 0.235. The van der Waals surface area contributed by atoms with Gasteiger partial charge in [-0.3, -0.25) is 4.79 Å². The Kier molecular flexibility index (Phi) is 4.23. The molecule has 3 aromatic rings. The van der Waals surface area contributed by atoms with Crippen LogP contribution < -0.4 is 5.56 Å². The number of carbonyl (C=O) groups is 1. The number of carbonyl (C=O) groups excluding carboxylic acids is 1. The summed E-state index contributed by atoms with van der Waals surface area (Å²) in [4.78, 5) is 28.2. The molecule has 2 aromatic heterocycles. The first-order valence-corrected chi connectivity index (χ1v) is 7.36. The van der Waals surface area contributed by atoms with E-state index in [1.54, 1.807) is 41.5 Å². The van der Waals surface area contributed by atoms with E-state index in [1.807, 2.05) is 16.8 Å². The van der Waals surface area contributed by atoms with E-state index >= 15 is 0 Å². The minimum Gasteiger partial charge on any atom is -0.465 e. The number of esters is 1. The zero-order chi connectivity index (χ0) is 16.2. The molecule has 0 saturated carbocycles. The molecule has 0 saturated heterocycles. The molecule has 0 bridgehead atoms. The molecule has 0 fully saturated rings. The highest BCUT2D eigenvalue weighted by Crippen LogP contribution is 2.13. The van der Waals surface area contributed by atoms with Gasteiger partial charge in [0, 0.05) is 37.1 Å². The zero-order valence-electron chi connectivity index (χ0n) is 12.8. The number of benzene rings is 1. The normalized spacial score (nSPS) is 10.8. The van der Waals surface area contributed by atoms with Crippen LogP contribution in [0.4, 0.5) is 0 Å². The first-order chi connectivity index (χ1) is 11.2. The molecule has 0 aliphatic heterocycles. The minimum atomic E-state index is -0.443. The van der Waals surface area contributed by atoms with Crippen LogP contribution in [0.2, 0.25) is 0 Å². The average Bonchev–Trinajstić information content (AvgIpc) is 3.09. The molecule has 0 unspecified atom stereocenters. The van der Waals surface area contributed by atoms with Gasteiger partial charge in [-0.1, -0.05) is 6.07 Å². The van der Waals surface area contributed by atoms with Gasteiger partial charge in [0.2, 0.25) is 0 Å². The van der Waals surface area contributed by atoms with Gasteiger partial charge in [-0.25, -0.2) is 9.78 Å². The van der Waals surface area contributed by atoms with E-state index < -0.39 is 5.97 Å². The topological polar surface area (TPSA) is 66.1 Å². The molecule has 0 radical (unpaired) electrons. The average molecular weight is 311 g/mol. The van der Waals surface area contributed by atoms with E-state index in [-0.39, 0.29) is 5.56 Å². The Bertz CT molecular complexity index is 882. The summed E-state index contributed by atoms with van der Waals surface area (Å²) in [6, 6.07) is 6.90. The van der Waals surface area contributed by atoms with Crippen molar-refractivity contribution >= 4 is 16.7 Å². The third-order valence-electron chi connectivity index (χ3n) is 3.77. The predicted molar refractivity (Wildman–Crippen MR) is 86.4 cm³/mol. The molecule has 0 aliphatic rings. The van der Waals surface area contributed by atoms with Crippen LogP contribution in [0.3, 0.4) is 0 Å². The number of fused-ring (bicyclic) bond motifs is 1.